The van der Waals surface area contributed by atoms with Crippen molar-refractivity contribution < 1.29 is 4.79 Å². The van der Waals surface area contributed by atoms with Crippen molar-refractivity contribution in [3.8, 4) is 0 Å². The van der Waals surface area contributed by atoms with Crippen molar-refractivity contribution in [2.24, 2.45) is 10.8 Å². The smallest absolute Gasteiger partial charge is 0.149 e. The molecule has 0 aromatic rings. The van der Waals surface area contributed by atoms with Gasteiger partial charge >= 0.3 is 0 Å². The Morgan fingerprint density at radius 2 is 1.85 bits per heavy atom. The molecule has 20 heavy (non-hydrogen) atoms. The zero-order valence-electron chi connectivity index (χ0n) is 12.9. The zero-order valence-corrected chi connectivity index (χ0v) is 14.4. The van der Waals surface area contributed by atoms with Crippen molar-refractivity contribution in [2.45, 2.75) is 75.7 Å². The van der Waals surface area contributed by atoms with Gasteiger partial charge in [0.1, 0.15) is 10.1 Å². The number of halogens is 2. The van der Waals surface area contributed by atoms with E-state index in [0.29, 0.717) is 12.2 Å². The Hall–Kier alpha value is 0.210. The lowest BCUT2D eigenvalue weighted by Crippen LogP contribution is -2.48. The number of likely N-dealkylation sites (tertiary alicyclic amines) is 1. The van der Waals surface area contributed by atoms with Crippen LogP contribution < -0.4 is 0 Å². The summed E-state index contributed by atoms with van der Waals surface area (Å²) >= 11 is 13.4. The molecule has 1 heterocycles. The second-order valence-electron chi connectivity index (χ2n) is 7.93. The van der Waals surface area contributed by atoms with Crippen molar-refractivity contribution in [3.63, 3.8) is 0 Å². The van der Waals surface area contributed by atoms with E-state index in [9.17, 15) is 4.79 Å². The molecule has 0 bridgehead atoms. The van der Waals surface area contributed by atoms with Crippen LogP contribution in [0.5, 0.6) is 0 Å². The minimum atomic E-state index is -0.621. The summed E-state index contributed by atoms with van der Waals surface area (Å²) in [7, 11) is 0. The van der Waals surface area contributed by atoms with Gasteiger partial charge in [-0.3, -0.25) is 9.69 Å². The van der Waals surface area contributed by atoms with Crippen LogP contribution in [0, 0.1) is 10.8 Å². The first-order valence-corrected chi connectivity index (χ1v) is 8.56. The lowest BCUT2D eigenvalue weighted by atomic mass is 9.74. The first kappa shape index (κ1) is 15.1. The van der Waals surface area contributed by atoms with Crippen LogP contribution in [-0.4, -0.2) is 33.1 Å². The number of ketones is 1. The molecule has 3 fully saturated rings. The van der Waals surface area contributed by atoms with Gasteiger partial charge in [0.25, 0.3) is 0 Å². The Bertz CT molecular complexity index is 450. The predicted octanol–water partition coefficient (Wildman–Crippen LogP) is 4.18. The predicted molar refractivity (Wildman–Crippen MR) is 83.3 cm³/mol. The molecule has 1 saturated heterocycles. The summed E-state index contributed by atoms with van der Waals surface area (Å²) in [6, 6.07) is -0.00292. The summed E-state index contributed by atoms with van der Waals surface area (Å²) in [4.78, 5) is 14.7. The summed E-state index contributed by atoms with van der Waals surface area (Å²) in [5.41, 5.74) is 0.0237. The molecule has 2 atom stereocenters. The topological polar surface area (TPSA) is 20.3 Å². The van der Waals surface area contributed by atoms with Crippen molar-refractivity contribution >= 4 is 29.0 Å². The van der Waals surface area contributed by atoms with Crippen LogP contribution >= 0.6 is 23.2 Å². The SMILES string of the molecule is CCC(=O)[C@@H]1C[C@@]2(CN1C(C)(C)C)C(Cl)(Cl)C21CCC1. The van der Waals surface area contributed by atoms with E-state index in [1.165, 1.54) is 6.42 Å². The highest BCUT2D eigenvalue weighted by Gasteiger charge is 2.89. The fraction of sp³-hybridized carbons (Fsp3) is 0.938. The van der Waals surface area contributed by atoms with E-state index in [0.717, 1.165) is 25.8 Å². The third-order valence-corrected chi connectivity index (χ3v) is 7.65. The molecule has 0 unspecified atom stereocenters. The number of alkyl halides is 2. The van der Waals surface area contributed by atoms with Crippen molar-refractivity contribution in [3.05, 3.63) is 0 Å². The van der Waals surface area contributed by atoms with Crippen LogP contribution in [0.1, 0.15) is 59.8 Å². The van der Waals surface area contributed by atoms with Crippen LogP contribution in [0.4, 0.5) is 0 Å². The normalized spacial score (nSPS) is 38.2. The van der Waals surface area contributed by atoms with Gasteiger partial charge in [0, 0.05) is 29.3 Å². The highest BCUT2D eigenvalue weighted by Crippen LogP contribution is 2.88. The number of rotatable bonds is 2. The number of carbonyl (C=O) groups is 1. The first-order chi connectivity index (χ1) is 9.13. The molecular weight excluding hydrogens is 293 g/mol. The number of hydrogen-bond donors (Lipinski definition) is 0. The van der Waals surface area contributed by atoms with Gasteiger partial charge < -0.3 is 0 Å². The third kappa shape index (κ3) is 1.54. The molecule has 0 amide bonds. The van der Waals surface area contributed by atoms with Crippen LogP contribution in [-0.2, 0) is 4.79 Å². The quantitative estimate of drug-likeness (QED) is 0.712. The van der Waals surface area contributed by atoms with Gasteiger partial charge in [-0.2, -0.15) is 0 Å². The maximum absolute atomic E-state index is 12.4. The number of nitrogens with zero attached hydrogens (tertiary/aromatic N) is 1. The number of fused-ring (bicyclic) bond motifs is 1. The molecule has 2 spiro atoms. The standard InChI is InChI=1S/C16H25Cl2NO/c1-5-12(20)11-9-15(10-19(11)13(2,3)4)14(7-6-8-14)16(15,17)18/h11H,5-10H2,1-4H3/t11-,15-/m0/s1. The van der Waals surface area contributed by atoms with E-state index in [1.54, 1.807) is 0 Å². The van der Waals surface area contributed by atoms with Gasteiger partial charge in [0.2, 0.25) is 0 Å². The second kappa shape index (κ2) is 4.14. The lowest BCUT2D eigenvalue weighted by molar-refractivity contribution is -0.124. The zero-order chi connectivity index (χ0) is 15.0. The van der Waals surface area contributed by atoms with E-state index in [-0.39, 0.29) is 22.4 Å². The Kier molecular flexibility index (Phi) is 3.13. The Labute approximate surface area is 132 Å². The summed E-state index contributed by atoms with van der Waals surface area (Å²) in [6.45, 7) is 9.38. The first-order valence-electron chi connectivity index (χ1n) is 7.80. The Morgan fingerprint density at radius 1 is 1.25 bits per heavy atom. The molecule has 1 aliphatic heterocycles. The molecule has 0 N–H and O–H groups in total. The fourth-order valence-corrected chi connectivity index (χ4v) is 6.05. The average Bonchev–Trinajstić information content (AvgIpc) is 2.58. The van der Waals surface area contributed by atoms with Gasteiger partial charge in [0.05, 0.1) is 6.04 Å². The molecule has 2 aliphatic carbocycles. The molecular formula is C16H25Cl2NO. The minimum Gasteiger partial charge on any atom is -0.298 e. The van der Waals surface area contributed by atoms with Gasteiger partial charge in [0.15, 0.2) is 0 Å². The van der Waals surface area contributed by atoms with E-state index >= 15 is 0 Å². The van der Waals surface area contributed by atoms with E-state index in [4.69, 9.17) is 23.2 Å². The van der Waals surface area contributed by atoms with Crippen molar-refractivity contribution in [1.82, 2.24) is 4.90 Å². The Balaban J connectivity index is 1.94. The third-order valence-electron chi connectivity index (χ3n) is 6.20. The largest absolute Gasteiger partial charge is 0.298 e. The molecule has 0 aromatic heterocycles. The van der Waals surface area contributed by atoms with Crippen molar-refractivity contribution in [2.75, 3.05) is 6.54 Å². The van der Waals surface area contributed by atoms with Gasteiger partial charge in [-0.1, -0.05) is 13.3 Å². The number of Topliss-reactive ketones (excluding diaryl/α,β-unsaturated/α-hetero) is 1. The van der Waals surface area contributed by atoms with E-state index in [1.807, 2.05) is 6.92 Å². The van der Waals surface area contributed by atoms with Crippen LogP contribution in [0.3, 0.4) is 0 Å². The van der Waals surface area contributed by atoms with Crippen LogP contribution in [0.15, 0.2) is 0 Å². The van der Waals surface area contributed by atoms with Crippen LogP contribution in [0.2, 0.25) is 0 Å². The molecule has 4 heteroatoms. The molecule has 3 aliphatic rings. The molecule has 3 rings (SSSR count). The maximum Gasteiger partial charge on any atom is 0.149 e. The highest BCUT2D eigenvalue weighted by atomic mass is 35.5. The monoisotopic (exact) mass is 317 g/mol. The second-order valence-corrected chi connectivity index (χ2v) is 9.26. The van der Waals surface area contributed by atoms with E-state index < -0.39 is 4.33 Å². The summed E-state index contributed by atoms with van der Waals surface area (Å²) in [5.74, 6) is 0.335. The summed E-state index contributed by atoms with van der Waals surface area (Å²) in [5, 5.41) is 0. The highest BCUT2D eigenvalue weighted by molar-refractivity contribution is 6.52. The molecule has 114 valence electrons. The van der Waals surface area contributed by atoms with Gasteiger partial charge in [-0.15, -0.1) is 23.2 Å². The molecule has 2 saturated carbocycles. The van der Waals surface area contributed by atoms with Gasteiger partial charge in [-0.25, -0.2) is 0 Å². The summed E-state index contributed by atoms with van der Waals surface area (Å²) < 4.78 is -0.621. The van der Waals surface area contributed by atoms with Crippen molar-refractivity contribution in [1.29, 1.82) is 0 Å². The molecule has 0 radical (unpaired) electrons. The van der Waals surface area contributed by atoms with E-state index in [2.05, 4.69) is 25.7 Å². The lowest BCUT2D eigenvalue weighted by Gasteiger charge is -2.36. The molecule has 0 aromatic carbocycles. The minimum absolute atomic E-state index is 0.00292. The average molecular weight is 318 g/mol. The maximum atomic E-state index is 12.4. The summed E-state index contributed by atoms with van der Waals surface area (Å²) in [6.07, 6.45) is 4.93. The van der Waals surface area contributed by atoms with Gasteiger partial charge in [-0.05, 0) is 40.0 Å². The van der Waals surface area contributed by atoms with Crippen LogP contribution in [0.25, 0.3) is 0 Å². The molecule has 2 nitrogen and oxygen atoms in total. The Morgan fingerprint density at radius 3 is 2.20 bits per heavy atom. The number of carbonyl (C=O) groups excluding carboxylic acids is 1. The fourth-order valence-electron chi connectivity index (χ4n) is 4.77. The number of hydrogen-bond acceptors (Lipinski definition) is 2.